The van der Waals surface area contributed by atoms with E-state index >= 15 is 0 Å². The number of carbonyl (C=O) groups excluding carboxylic acids is 2. The predicted octanol–water partition coefficient (Wildman–Crippen LogP) is 0.271. The third-order valence-corrected chi connectivity index (χ3v) is 4.78. The molecular formula is C20H24ClN4O3+. The minimum absolute atomic E-state index is 0.190. The summed E-state index contributed by atoms with van der Waals surface area (Å²) in [5.41, 5.74) is 6.03. The van der Waals surface area contributed by atoms with Crippen LogP contribution >= 0.6 is 11.6 Å². The lowest BCUT2D eigenvalue weighted by molar-refractivity contribution is -0.892. The van der Waals surface area contributed by atoms with E-state index in [9.17, 15) is 9.59 Å². The first-order chi connectivity index (χ1) is 13.6. The number of carbonyl (C=O) groups is 2. The quantitative estimate of drug-likeness (QED) is 0.605. The van der Waals surface area contributed by atoms with E-state index in [0.29, 0.717) is 17.3 Å². The Bertz CT molecular complexity index is 778. The highest BCUT2D eigenvalue weighted by Gasteiger charge is 2.22. The molecule has 0 atom stereocenters. The summed E-state index contributed by atoms with van der Waals surface area (Å²) in [5.74, 6) is -0.109. The van der Waals surface area contributed by atoms with E-state index in [1.807, 2.05) is 18.2 Å². The van der Waals surface area contributed by atoms with E-state index in [1.165, 1.54) is 10.6 Å². The number of hydrogen-bond acceptors (Lipinski definition) is 4. The number of anilines is 1. The Balaban J connectivity index is 1.32. The van der Waals surface area contributed by atoms with E-state index in [1.54, 1.807) is 24.3 Å². The number of benzene rings is 2. The van der Waals surface area contributed by atoms with Crippen molar-refractivity contribution in [2.45, 2.75) is 0 Å². The van der Waals surface area contributed by atoms with Gasteiger partial charge in [-0.3, -0.25) is 20.4 Å². The molecule has 0 bridgehead atoms. The molecule has 148 valence electrons. The number of halogens is 1. The number of hydrazine groups is 1. The van der Waals surface area contributed by atoms with Crippen LogP contribution in [0.1, 0.15) is 0 Å². The zero-order chi connectivity index (χ0) is 19.8. The Morgan fingerprint density at radius 2 is 1.61 bits per heavy atom. The SMILES string of the molecule is O=C(COc1ccc(Cl)cc1)NNC(=O)C[NH+]1CCN(c2ccccc2)CC1. The molecule has 2 amide bonds. The van der Waals surface area contributed by atoms with Crippen LogP contribution in [0, 0.1) is 0 Å². The van der Waals surface area contributed by atoms with Crippen LogP contribution in [-0.2, 0) is 9.59 Å². The highest BCUT2D eigenvalue weighted by atomic mass is 35.5. The summed E-state index contributed by atoms with van der Waals surface area (Å²) in [4.78, 5) is 27.4. The fourth-order valence-electron chi connectivity index (χ4n) is 3.02. The molecule has 0 unspecified atom stereocenters. The lowest BCUT2D eigenvalue weighted by Gasteiger charge is -2.33. The van der Waals surface area contributed by atoms with Gasteiger partial charge in [-0.2, -0.15) is 0 Å². The lowest BCUT2D eigenvalue weighted by Crippen LogP contribution is -3.16. The number of amides is 2. The predicted molar refractivity (Wildman–Crippen MR) is 107 cm³/mol. The molecule has 0 spiro atoms. The molecule has 1 fully saturated rings. The van der Waals surface area contributed by atoms with Gasteiger partial charge in [0.15, 0.2) is 13.2 Å². The summed E-state index contributed by atoms with van der Waals surface area (Å²) in [7, 11) is 0. The van der Waals surface area contributed by atoms with E-state index in [2.05, 4.69) is 27.9 Å². The molecular weight excluding hydrogens is 380 g/mol. The van der Waals surface area contributed by atoms with Crippen LogP contribution in [0.5, 0.6) is 5.75 Å². The molecule has 8 heteroatoms. The molecule has 1 aliphatic heterocycles. The van der Waals surface area contributed by atoms with Crippen molar-refractivity contribution in [3.8, 4) is 5.75 Å². The van der Waals surface area contributed by atoms with E-state index in [4.69, 9.17) is 16.3 Å². The number of piperazine rings is 1. The van der Waals surface area contributed by atoms with Crippen LogP contribution in [-0.4, -0.2) is 51.1 Å². The Morgan fingerprint density at radius 3 is 2.29 bits per heavy atom. The monoisotopic (exact) mass is 403 g/mol. The third-order valence-electron chi connectivity index (χ3n) is 4.53. The van der Waals surface area contributed by atoms with Crippen LogP contribution in [0.15, 0.2) is 54.6 Å². The molecule has 0 aliphatic carbocycles. The summed E-state index contributed by atoms with van der Waals surface area (Å²) in [5, 5.41) is 0.594. The largest absolute Gasteiger partial charge is 0.484 e. The summed E-state index contributed by atoms with van der Waals surface area (Å²) < 4.78 is 5.33. The molecule has 1 aliphatic rings. The summed E-state index contributed by atoms with van der Waals surface area (Å²) in [6.45, 7) is 3.67. The summed E-state index contributed by atoms with van der Waals surface area (Å²) in [6, 6.07) is 17.0. The Morgan fingerprint density at radius 1 is 0.964 bits per heavy atom. The van der Waals surface area contributed by atoms with Gasteiger partial charge in [0.2, 0.25) is 0 Å². The van der Waals surface area contributed by atoms with Gasteiger partial charge in [-0.1, -0.05) is 29.8 Å². The van der Waals surface area contributed by atoms with E-state index in [-0.39, 0.29) is 12.5 Å². The Hall–Kier alpha value is -2.77. The summed E-state index contributed by atoms with van der Waals surface area (Å²) in [6.07, 6.45) is 0. The first-order valence-corrected chi connectivity index (χ1v) is 9.57. The second kappa shape index (κ2) is 9.96. The van der Waals surface area contributed by atoms with E-state index < -0.39 is 5.91 Å². The number of rotatable bonds is 6. The van der Waals surface area contributed by atoms with Gasteiger partial charge in [0.05, 0.1) is 26.2 Å². The van der Waals surface area contributed by atoms with Gasteiger partial charge in [-0.25, -0.2) is 0 Å². The van der Waals surface area contributed by atoms with Crippen molar-refractivity contribution < 1.29 is 19.2 Å². The van der Waals surface area contributed by atoms with Crippen molar-refractivity contribution in [1.29, 1.82) is 0 Å². The molecule has 2 aromatic rings. The van der Waals surface area contributed by atoms with Crippen LogP contribution in [0.4, 0.5) is 5.69 Å². The van der Waals surface area contributed by atoms with Crippen molar-refractivity contribution >= 4 is 29.1 Å². The van der Waals surface area contributed by atoms with Gasteiger partial charge in [0.25, 0.3) is 11.8 Å². The second-order valence-electron chi connectivity index (χ2n) is 6.59. The normalized spacial score (nSPS) is 14.4. The molecule has 1 heterocycles. The maximum absolute atomic E-state index is 12.1. The number of nitrogens with zero attached hydrogens (tertiary/aromatic N) is 1. The topological polar surface area (TPSA) is 75.1 Å². The number of para-hydroxylation sites is 1. The van der Waals surface area contributed by atoms with Gasteiger partial charge in [0, 0.05) is 10.7 Å². The van der Waals surface area contributed by atoms with E-state index in [0.717, 1.165) is 26.2 Å². The molecule has 2 aromatic carbocycles. The maximum atomic E-state index is 12.1. The Kier molecular flexibility index (Phi) is 7.11. The fourth-order valence-corrected chi connectivity index (χ4v) is 3.15. The number of ether oxygens (including phenoxy) is 1. The third kappa shape index (κ3) is 6.14. The van der Waals surface area contributed by atoms with Crippen molar-refractivity contribution in [2.75, 3.05) is 44.2 Å². The van der Waals surface area contributed by atoms with Gasteiger partial charge in [-0.15, -0.1) is 0 Å². The molecule has 0 aromatic heterocycles. The molecule has 28 heavy (non-hydrogen) atoms. The van der Waals surface area contributed by atoms with Crippen LogP contribution in [0.3, 0.4) is 0 Å². The van der Waals surface area contributed by atoms with Gasteiger partial charge < -0.3 is 14.5 Å². The number of quaternary nitrogens is 1. The highest BCUT2D eigenvalue weighted by Crippen LogP contribution is 2.15. The Labute approximate surface area is 169 Å². The highest BCUT2D eigenvalue weighted by molar-refractivity contribution is 6.30. The van der Waals surface area contributed by atoms with Crippen LogP contribution in [0.2, 0.25) is 5.02 Å². The zero-order valence-corrected chi connectivity index (χ0v) is 16.2. The van der Waals surface area contributed by atoms with Crippen LogP contribution < -0.4 is 25.4 Å². The first-order valence-electron chi connectivity index (χ1n) is 9.20. The van der Waals surface area contributed by atoms with Crippen molar-refractivity contribution in [3.63, 3.8) is 0 Å². The number of hydrogen-bond donors (Lipinski definition) is 3. The second-order valence-corrected chi connectivity index (χ2v) is 7.02. The molecule has 1 saturated heterocycles. The average Bonchev–Trinajstić information content (AvgIpc) is 2.73. The van der Waals surface area contributed by atoms with Crippen molar-refractivity contribution in [2.24, 2.45) is 0 Å². The minimum atomic E-state index is -0.424. The van der Waals surface area contributed by atoms with Crippen molar-refractivity contribution in [1.82, 2.24) is 10.9 Å². The standard InChI is InChI=1S/C20H23ClN4O3/c21-16-6-8-18(9-7-16)28-15-20(27)23-22-19(26)14-24-10-12-25(13-11-24)17-4-2-1-3-5-17/h1-9H,10-15H2,(H,22,26)(H,23,27)/p+1. The molecule has 7 nitrogen and oxygen atoms in total. The van der Waals surface area contributed by atoms with Crippen LogP contribution in [0.25, 0.3) is 0 Å². The minimum Gasteiger partial charge on any atom is -0.484 e. The van der Waals surface area contributed by atoms with Crippen molar-refractivity contribution in [3.05, 3.63) is 59.6 Å². The lowest BCUT2D eigenvalue weighted by atomic mass is 10.2. The van der Waals surface area contributed by atoms with Gasteiger partial charge >= 0.3 is 0 Å². The van der Waals surface area contributed by atoms with Gasteiger partial charge in [0.1, 0.15) is 5.75 Å². The summed E-state index contributed by atoms with van der Waals surface area (Å²) >= 11 is 5.79. The fraction of sp³-hybridized carbons (Fsp3) is 0.300. The molecule has 3 rings (SSSR count). The zero-order valence-electron chi connectivity index (χ0n) is 15.5. The smallest absolute Gasteiger partial charge is 0.293 e. The number of nitrogens with one attached hydrogen (secondary N) is 3. The molecule has 0 saturated carbocycles. The molecule has 0 radical (unpaired) electrons. The molecule has 3 N–H and O–H groups in total. The first kappa shape index (κ1) is 20.0. The maximum Gasteiger partial charge on any atom is 0.293 e. The van der Waals surface area contributed by atoms with Gasteiger partial charge in [-0.05, 0) is 36.4 Å². The average molecular weight is 404 g/mol.